The van der Waals surface area contributed by atoms with Gasteiger partial charge in [-0.05, 0) is 6.07 Å². The SMILES string of the molecule is COC(=O)Cn1ccnc1-c1ncccn1. The van der Waals surface area contributed by atoms with Gasteiger partial charge < -0.3 is 9.30 Å². The molecule has 0 spiro atoms. The maximum Gasteiger partial charge on any atom is 0.325 e. The Hall–Kier alpha value is -2.24. The summed E-state index contributed by atoms with van der Waals surface area (Å²) in [5.74, 6) is 0.692. The highest BCUT2D eigenvalue weighted by atomic mass is 16.5. The van der Waals surface area contributed by atoms with Crippen LogP contribution in [0.15, 0.2) is 30.9 Å². The van der Waals surface area contributed by atoms with E-state index >= 15 is 0 Å². The number of rotatable bonds is 3. The van der Waals surface area contributed by atoms with Crippen molar-refractivity contribution in [3.05, 3.63) is 30.9 Å². The lowest BCUT2D eigenvalue weighted by atomic mass is 10.5. The van der Waals surface area contributed by atoms with Gasteiger partial charge in [0, 0.05) is 24.8 Å². The van der Waals surface area contributed by atoms with Gasteiger partial charge in [0.2, 0.25) is 0 Å². The highest BCUT2D eigenvalue weighted by Crippen LogP contribution is 2.10. The Labute approximate surface area is 91.9 Å². The number of nitrogens with zero attached hydrogens (tertiary/aromatic N) is 4. The number of esters is 1. The normalized spacial score (nSPS) is 10.1. The minimum Gasteiger partial charge on any atom is -0.468 e. The molecule has 0 aliphatic heterocycles. The Morgan fingerprint density at radius 2 is 2.06 bits per heavy atom. The van der Waals surface area contributed by atoms with Gasteiger partial charge in [-0.2, -0.15) is 0 Å². The van der Waals surface area contributed by atoms with Gasteiger partial charge in [0.1, 0.15) is 6.54 Å². The molecule has 0 atom stereocenters. The van der Waals surface area contributed by atoms with Crippen LogP contribution in [0.1, 0.15) is 0 Å². The molecular formula is C10H10N4O2. The lowest BCUT2D eigenvalue weighted by Crippen LogP contribution is -2.12. The van der Waals surface area contributed by atoms with Crippen molar-refractivity contribution in [2.24, 2.45) is 0 Å². The number of carbonyl (C=O) groups excluding carboxylic acids is 1. The highest BCUT2D eigenvalue weighted by molar-refractivity contribution is 5.69. The van der Waals surface area contributed by atoms with Crippen molar-refractivity contribution >= 4 is 5.97 Å². The van der Waals surface area contributed by atoms with Crippen LogP contribution in [0.25, 0.3) is 11.6 Å². The van der Waals surface area contributed by atoms with Gasteiger partial charge in [0.05, 0.1) is 7.11 Å². The molecule has 0 N–H and O–H groups in total. The molecule has 16 heavy (non-hydrogen) atoms. The molecule has 2 heterocycles. The number of hydrogen-bond donors (Lipinski definition) is 0. The van der Waals surface area contributed by atoms with E-state index in [1.54, 1.807) is 35.4 Å². The molecule has 0 amide bonds. The molecule has 6 heteroatoms. The van der Waals surface area contributed by atoms with Crippen molar-refractivity contribution < 1.29 is 9.53 Å². The van der Waals surface area contributed by atoms with Gasteiger partial charge in [-0.3, -0.25) is 4.79 Å². The Bertz CT molecular complexity index is 481. The van der Waals surface area contributed by atoms with Gasteiger partial charge in [-0.15, -0.1) is 0 Å². The third-order valence-electron chi connectivity index (χ3n) is 2.01. The first-order chi connectivity index (χ1) is 7.81. The predicted octanol–water partition coefficient (Wildman–Crippen LogP) is 0.513. The molecule has 0 aliphatic carbocycles. The number of ether oxygens (including phenoxy) is 1. The number of methoxy groups -OCH3 is 1. The minimum absolute atomic E-state index is 0.101. The smallest absolute Gasteiger partial charge is 0.325 e. The van der Waals surface area contributed by atoms with Crippen molar-refractivity contribution in [2.45, 2.75) is 6.54 Å². The zero-order valence-electron chi connectivity index (χ0n) is 8.70. The maximum atomic E-state index is 11.2. The van der Waals surface area contributed by atoms with E-state index in [4.69, 9.17) is 0 Å². The van der Waals surface area contributed by atoms with E-state index < -0.39 is 0 Å². The van der Waals surface area contributed by atoms with Crippen molar-refractivity contribution in [1.29, 1.82) is 0 Å². The first-order valence-electron chi connectivity index (χ1n) is 4.66. The Balaban J connectivity index is 2.29. The Morgan fingerprint density at radius 3 is 2.75 bits per heavy atom. The first kappa shape index (κ1) is 10.3. The zero-order valence-corrected chi connectivity index (χ0v) is 8.70. The number of aromatic nitrogens is 4. The van der Waals surface area contributed by atoms with Crippen molar-refractivity contribution in [3.63, 3.8) is 0 Å². The number of hydrogen-bond acceptors (Lipinski definition) is 5. The summed E-state index contributed by atoms with van der Waals surface area (Å²) in [5, 5.41) is 0. The molecule has 2 aromatic heterocycles. The molecule has 0 radical (unpaired) electrons. The topological polar surface area (TPSA) is 69.9 Å². The number of carbonyl (C=O) groups is 1. The lowest BCUT2D eigenvalue weighted by molar-refractivity contribution is -0.141. The van der Waals surface area contributed by atoms with E-state index in [9.17, 15) is 4.79 Å². The van der Waals surface area contributed by atoms with E-state index in [0.717, 1.165) is 0 Å². The molecule has 0 bridgehead atoms. The van der Waals surface area contributed by atoms with Crippen molar-refractivity contribution in [3.8, 4) is 11.6 Å². The Morgan fingerprint density at radius 1 is 1.31 bits per heavy atom. The third kappa shape index (κ3) is 2.05. The zero-order chi connectivity index (χ0) is 11.4. The Kier molecular flexibility index (Phi) is 2.90. The highest BCUT2D eigenvalue weighted by Gasteiger charge is 2.10. The van der Waals surface area contributed by atoms with Crippen LogP contribution in [0.4, 0.5) is 0 Å². The van der Waals surface area contributed by atoms with Crippen LogP contribution in [0.5, 0.6) is 0 Å². The van der Waals surface area contributed by atoms with Gasteiger partial charge in [-0.25, -0.2) is 15.0 Å². The van der Waals surface area contributed by atoms with E-state index in [2.05, 4.69) is 19.7 Å². The quantitative estimate of drug-likeness (QED) is 0.702. The first-order valence-corrected chi connectivity index (χ1v) is 4.66. The van der Waals surface area contributed by atoms with E-state index in [1.165, 1.54) is 7.11 Å². The molecule has 0 saturated heterocycles. The predicted molar refractivity (Wildman–Crippen MR) is 55.3 cm³/mol. The van der Waals surface area contributed by atoms with Crippen LogP contribution >= 0.6 is 0 Å². The summed E-state index contributed by atoms with van der Waals surface area (Å²) < 4.78 is 6.23. The fraction of sp³-hybridized carbons (Fsp3) is 0.200. The maximum absolute atomic E-state index is 11.2. The summed E-state index contributed by atoms with van der Waals surface area (Å²) in [7, 11) is 1.35. The monoisotopic (exact) mass is 218 g/mol. The van der Waals surface area contributed by atoms with E-state index in [-0.39, 0.29) is 12.5 Å². The molecule has 0 aromatic carbocycles. The fourth-order valence-corrected chi connectivity index (χ4v) is 1.26. The molecule has 0 saturated carbocycles. The van der Waals surface area contributed by atoms with Crippen LogP contribution in [0, 0.1) is 0 Å². The second kappa shape index (κ2) is 4.52. The summed E-state index contributed by atoms with van der Waals surface area (Å²) >= 11 is 0. The molecule has 0 fully saturated rings. The standard InChI is InChI=1S/C10H10N4O2/c1-16-8(15)7-14-6-5-13-10(14)9-11-3-2-4-12-9/h2-6H,7H2,1H3. The van der Waals surface area contributed by atoms with Crippen LogP contribution in [0.2, 0.25) is 0 Å². The third-order valence-corrected chi connectivity index (χ3v) is 2.01. The molecular weight excluding hydrogens is 208 g/mol. The van der Waals surface area contributed by atoms with Gasteiger partial charge >= 0.3 is 5.97 Å². The molecule has 2 aromatic rings. The molecule has 6 nitrogen and oxygen atoms in total. The van der Waals surface area contributed by atoms with Crippen LogP contribution in [-0.2, 0) is 16.1 Å². The second-order valence-electron chi connectivity index (χ2n) is 3.03. The summed E-state index contributed by atoms with van der Waals surface area (Å²) in [6, 6.07) is 1.72. The summed E-state index contributed by atoms with van der Waals surface area (Å²) in [4.78, 5) is 23.4. The average molecular weight is 218 g/mol. The van der Waals surface area contributed by atoms with Gasteiger partial charge in [-0.1, -0.05) is 0 Å². The summed E-state index contributed by atoms with van der Waals surface area (Å²) in [5.41, 5.74) is 0. The van der Waals surface area contributed by atoms with Crippen LogP contribution in [0.3, 0.4) is 0 Å². The molecule has 82 valence electrons. The largest absolute Gasteiger partial charge is 0.468 e. The summed E-state index contributed by atoms with van der Waals surface area (Å²) in [6.07, 6.45) is 6.52. The average Bonchev–Trinajstić information content (AvgIpc) is 2.78. The number of imidazole rings is 1. The lowest BCUT2D eigenvalue weighted by Gasteiger charge is -2.04. The molecule has 2 rings (SSSR count). The fourth-order valence-electron chi connectivity index (χ4n) is 1.26. The molecule has 0 unspecified atom stereocenters. The van der Waals surface area contributed by atoms with Crippen LogP contribution in [-0.4, -0.2) is 32.6 Å². The van der Waals surface area contributed by atoms with Crippen LogP contribution < -0.4 is 0 Å². The van der Waals surface area contributed by atoms with Gasteiger partial charge in [0.25, 0.3) is 0 Å². The van der Waals surface area contributed by atoms with Gasteiger partial charge in [0.15, 0.2) is 11.6 Å². The summed E-state index contributed by atoms with van der Waals surface area (Å²) in [6.45, 7) is 0.101. The van der Waals surface area contributed by atoms with Crippen molar-refractivity contribution in [2.75, 3.05) is 7.11 Å². The minimum atomic E-state index is -0.338. The van der Waals surface area contributed by atoms with Crippen molar-refractivity contribution in [1.82, 2.24) is 19.5 Å². The second-order valence-corrected chi connectivity index (χ2v) is 3.03. The van der Waals surface area contributed by atoms with E-state index in [1.807, 2.05) is 0 Å². The molecule has 0 aliphatic rings. The van der Waals surface area contributed by atoms with E-state index in [0.29, 0.717) is 11.6 Å².